The van der Waals surface area contributed by atoms with E-state index in [-0.39, 0.29) is 0 Å². The molecule has 0 aliphatic rings. The quantitative estimate of drug-likeness (QED) is 0.239. The van der Waals surface area contributed by atoms with Gasteiger partial charge in [-0.1, -0.05) is 60.7 Å². The molecular weight excluding hydrogens is 482 g/mol. The average molecular weight is 504 g/mol. The summed E-state index contributed by atoms with van der Waals surface area (Å²) in [5.41, 5.74) is 9.01. The van der Waals surface area contributed by atoms with E-state index < -0.39 is 0 Å². The van der Waals surface area contributed by atoms with E-state index >= 15 is 0 Å². The van der Waals surface area contributed by atoms with Crippen LogP contribution < -0.4 is 4.90 Å². The third kappa shape index (κ3) is 3.48. The SMILES string of the molecule is c1ccc(-c2ccc(N(c3ccc4oc5ccccc5c4n3)c3cccc4oc5cccnc5c34)cc2)cc1. The van der Waals surface area contributed by atoms with Crippen molar-refractivity contribution in [2.24, 2.45) is 0 Å². The number of para-hydroxylation sites is 1. The van der Waals surface area contributed by atoms with Crippen molar-refractivity contribution in [1.82, 2.24) is 9.97 Å². The third-order valence-electron chi connectivity index (χ3n) is 7.14. The molecule has 0 N–H and O–H groups in total. The molecule has 4 heterocycles. The zero-order valence-corrected chi connectivity index (χ0v) is 20.8. The van der Waals surface area contributed by atoms with Crippen LogP contribution in [0.3, 0.4) is 0 Å². The number of aromatic nitrogens is 2. The lowest BCUT2D eigenvalue weighted by Crippen LogP contribution is -2.12. The Kier molecular flexibility index (Phi) is 4.76. The fraction of sp³-hybridized carbons (Fsp3) is 0. The van der Waals surface area contributed by atoms with Crippen LogP contribution in [0.25, 0.3) is 55.3 Å². The van der Waals surface area contributed by atoms with Crippen molar-refractivity contribution in [3.05, 3.63) is 128 Å². The van der Waals surface area contributed by atoms with Crippen molar-refractivity contribution < 1.29 is 8.83 Å². The topological polar surface area (TPSA) is 55.3 Å². The van der Waals surface area contributed by atoms with Gasteiger partial charge in [0.1, 0.15) is 28.0 Å². The average Bonchev–Trinajstić information content (AvgIpc) is 3.57. The maximum Gasteiger partial charge on any atom is 0.154 e. The molecule has 8 aromatic rings. The molecule has 0 radical (unpaired) electrons. The van der Waals surface area contributed by atoms with Crippen molar-refractivity contribution in [2.45, 2.75) is 0 Å². The van der Waals surface area contributed by atoms with Crippen LogP contribution >= 0.6 is 0 Å². The van der Waals surface area contributed by atoms with Crippen molar-refractivity contribution in [1.29, 1.82) is 0 Å². The summed E-state index contributed by atoms with van der Waals surface area (Å²) in [7, 11) is 0. The summed E-state index contributed by atoms with van der Waals surface area (Å²) >= 11 is 0. The molecule has 0 saturated heterocycles. The van der Waals surface area contributed by atoms with Gasteiger partial charge >= 0.3 is 0 Å². The van der Waals surface area contributed by atoms with Crippen LogP contribution in [0.15, 0.2) is 136 Å². The van der Waals surface area contributed by atoms with Crippen LogP contribution in [0.2, 0.25) is 0 Å². The predicted molar refractivity (Wildman–Crippen MR) is 157 cm³/mol. The molecule has 5 nitrogen and oxygen atoms in total. The summed E-state index contributed by atoms with van der Waals surface area (Å²) < 4.78 is 12.3. The van der Waals surface area contributed by atoms with Gasteiger partial charge in [-0.15, -0.1) is 0 Å². The fourth-order valence-corrected chi connectivity index (χ4v) is 5.34. The van der Waals surface area contributed by atoms with Crippen molar-refractivity contribution in [3.63, 3.8) is 0 Å². The second-order valence-corrected chi connectivity index (χ2v) is 9.47. The molecule has 4 aromatic heterocycles. The standard InChI is InChI=1S/C34H21N3O2/c1-2-8-22(9-3-1)23-15-17-24(18-16-23)37(26-11-6-13-28-32(26)34-29(39-28)14-7-21-35-34)31-20-19-30-33(36-31)25-10-4-5-12-27(25)38-30/h1-21H. The molecule has 0 bridgehead atoms. The van der Waals surface area contributed by atoms with Crippen LogP contribution in [-0.2, 0) is 0 Å². The minimum Gasteiger partial charge on any atom is -0.454 e. The van der Waals surface area contributed by atoms with E-state index in [9.17, 15) is 0 Å². The Morgan fingerprint density at radius 3 is 2.13 bits per heavy atom. The largest absolute Gasteiger partial charge is 0.454 e. The molecule has 0 spiro atoms. The molecule has 0 fully saturated rings. The maximum absolute atomic E-state index is 6.18. The van der Waals surface area contributed by atoms with E-state index in [0.29, 0.717) is 0 Å². The minimum atomic E-state index is 0.753. The normalized spacial score (nSPS) is 11.6. The highest BCUT2D eigenvalue weighted by Crippen LogP contribution is 2.42. The van der Waals surface area contributed by atoms with Crippen molar-refractivity contribution in [3.8, 4) is 11.1 Å². The van der Waals surface area contributed by atoms with Gasteiger partial charge in [0, 0.05) is 17.3 Å². The molecule has 4 aromatic carbocycles. The molecule has 0 aliphatic heterocycles. The van der Waals surface area contributed by atoms with Gasteiger partial charge in [0.15, 0.2) is 11.2 Å². The molecule has 0 amide bonds. The number of pyridine rings is 2. The Morgan fingerprint density at radius 2 is 1.23 bits per heavy atom. The Bertz CT molecular complexity index is 2130. The van der Waals surface area contributed by atoms with Crippen LogP contribution in [-0.4, -0.2) is 9.97 Å². The number of benzene rings is 4. The third-order valence-corrected chi connectivity index (χ3v) is 7.14. The highest BCUT2D eigenvalue weighted by atomic mass is 16.3. The number of rotatable bonds is 4. The van der Waals surface area contributed by atoms with E-state index in [0.717, 1.165) is 66.9 Å². The first-order chi connectivity index (χ1) is 19.3. The van der Waals surface area contributed by atoms with Crippen molar-refractivity contribution >= 4 is 61.3 Å². The van der Waals surface area contributed by atoms with Gasteiger partial charge in [-0.25, -0.2) is 4.98 Å². The molecule has 0 aliphatic carbocycles. The molecule has 0 saturated carbocycles. The Morgan fingerprint density at radius 1 is 0.513 bits per heavy atom. The highest BCUT2D eigenvalue weighted by Gasteiger charge is 2.22. The first-order valence-corrected chi connectivity index (χ1v) is 12.8. The van der Waals surface area contributed by atoms with E-state index in [1.165, 1.54) is 5.56 Å². The molecule has 0 atom stereocenters. The number of fused-ring (bicyclic) bond motifs is 6. The number of anilines is 3. The Hall–Kier alpha value is -5.42. The summed E-state index contributed by atoms with van der Waals surface area (Å²) in [4.78, 5) is 12.0. The number of nitrogens with zero attached hydrogens (tertiary/aromatic N) is 3. The second kappa shape index (κ2) is 8.57. The molecule has 8 rings (SSSR count). The summed E-state index contributed by atoms with van der Waals surface area (Å²) in [6, 6.07) is 40.9. The van der Waals surface area contributed by atoms with Gasteiger partial charge in [0.2, 0.25) is 0 Å². The van der Waals surface area contributed by atoms with E-state index in [2.05, 4.69) is 64.5 Å². The highest BCUT2D eigenvalue weighted by molar-refractivity contribution is 6.11. The summed E-state index contributed by atoms with van der Waals surface area (Å²) in [6.45, 7) is 0. The van der Waals surface area contributed by atoms with Gasteiger partial charge in [0.05, 0.1) is 11.1 Å². The summed E-state index contributed by atoms with van der Waals surface area (Å²) in [5, 5.41) is 1.93. The molecule has 184 valence electrons. The number of hydrogen-bond acceptors (Lipinski definition) is 5. The predicted octanol–water partition coefficient (Wildman–Crippen LogP) is 9.41. The van der Waals surface area contributed by atoms with Gasteiger partial charge in [-0.3, -0.25) is 9.88 Å². The summed E-state index contributed by atoms with van der Waals surface area (Å²) in [5.74, 6) is 0.777. The fourth-order valence-electron chi connectivity index (χ4n) is 5.34. The Balaban J connectivity index is 1.38. The monoisotopic (exact) mass is 503 g/mol. The van der Waals surface area contributed by atoms with Crippen LogP contribution in [0.4, 0.5) is 17.2 Å². The zero-order chi connectivity index (χ0) is 25.8. The lowest BCUT2D eigenvalue weighted by Gasteiger charge is -2.25. The first-order valence-electron chi connectivity index (χ1n) is 12.8. The molecule has 39 heavy (non-hydrogen) atoms. The number of hydrogen-bond donors (Lipinski definition) is 0. The second-order valence-electron chi connectivity index (χ2n) is 9.47. The van der Waals surface area contributed by atoms with Crippen LogP contribution in [0.5, 0.6) is 0 Å². The molecular formula is C34H21N3O2. The maximum atomic E-state index is 6.18. The smallest absolute Gasteiger partial charge is 0.154 e. The molecule has 0 unspecified atom stereocenters. The minimum absolute atomic E-state index is 0.753. The van der Waals surface area contributed by atoms with Gasteiger partial charge < -0.3 is 8.83 Å². The lowest BCUT2D eigenvalue weighted by molar-refractivity contribution is 0.667. The lowest BCUT2D eigenvalue weighted by atomic mass is 10.0. The van der Waals surface area contributed by atoms with Crippen LogP contribution in [0.1, 0.15) is 0 Å². The first kappa shape index (κ1) is 21.6. The summed E-state index contributed by atoms with van der Waals surface area (Å²) in [6.07, 6.45) is 1.80. The van der Waals surface area contributed by atoms with E-state index in [4.69, 9.17) is 13.8 Å². The van der Waals surface area contributed by atoms with Crippen molar-refractivity contribution in [2.75, 3.05) is 4.90 Å². The van der Waals surface area contributed by atoms with E-state index in [1.54, 1.807) is 6.20 Å². The van der Waals surface area contributed by atoms with Gasteiger partial charge in [0.25, 0.3) is 0 Å². The van der Waals surface area contributed by atoms with Crippen LogP contribution in [0, 0.1) is 0 Å². The Labute approximate surface area is 223 Å². The van der Waals surface area contributed by atoms with E-state index in [1.807, 2.05) is 66.7 Å². The van der Waals surface area contributed by atoms with Gasteiger partial charge in [-0.2, -0.15) is 0 Å². The number of furan rings is 2. The molecule has 5 heteroatoms. The van der Waals surface area contributed by atoms with Gasteiger partial charge in [-0.05, 0) is 71.8 Å². The zero-order valence-electron chi connectivity index (χ0n) is 20.8.